The molecular weight excluding hydrogens is 258 g/mol. The van der Waals surface area contributed by atoms with Gasteiger partial charge in [0, 0.05) is 20.0 Å². The number of rotatable bonds is 6. The van der Waals surface area contributed by atoms with E-state index in [1.54, 1.807) is 6.33 Å². The molecule has 0 amide bonds. The van der Waals surface area contributed by atoms with Crippen molar-refractivity contribution in [2.75, 3.05) is 17.6 Å². The summed E-state index contributed by atoms with van der Waals surface area (Å²) in [6, 6.07) is 0. The summed E-state index contributed by atoms with van der Waals surface area (Å²) in [4.78, 5) is 8.14. The third-order valence-corrected chi connectivity index (χ3v) is 2.64. The van der Waals surface area contributed by atoms with E-state index in [0.29, 0.717) is 23.9 Å². The Kier molecular flexibility index (Phi) is 4.34. The predicted octanol–water partition coefficient (Wildman–Crippen LogP) is 0.629. The highest BCUT2D eigenvalue weighted by Gasteiger charge is 2.10. The van der Waals surface area contributed by atoms with Crippen molar-refractivity contribution < 1.29 is 4.74 Å². The van der Waals surface area contributed by atoms with Crippen molar-refractivity contribution >= 4 is 11.5 Å². The second-order valence-corrected chi connectivity index (χ2v) is 4.64. The first-order chi connectivity index (χ1) is 9.58. The summed E-state index contributed by atoms with van der Waals surface area (Å²) in [7, 11) is 1.91. The molecule has 0 aliphatic carbocycles. The van der Waals surface area contributed by atoms with Crippen molar-refractivity contribution in [3.63, 3.8) is 0 Å². The van der Waals surface area contributed by atoms with Gasteiger partial charge in [0.1, 0.15) is 24.2 Å². The van der Waals surface area contributed by atoms with Crippen LogP contribution in [0.4, 0.5) is 11.5 Å². The Morgan fingerprint density at radius 2 is 2.20 bits per heavy atom. The van der Waals surface area contributed by atoms with Gasteiger partial charge in [0.15, 0.2) is 5.82 Å². The Hall–Kier alpha value is -2.38. The number of nitrogen functional groups attached to an aromatic ring is 1. The maximum absolute atomic E-state index is 5.98. The molecule has 0 aromatic carbocycles. The first-order valence-electron chi connectivity index (χ1n) is 6.41. The van der Waals surface area contributed by atoms with E-state index in [4.69, 9.17) is 10.5 Å². The van der Waals surface area contributed by atoms with Gasteiger partial charge in [-0.05, 0) is 13.8 Å². The van der Waals surface area contributed by atoms with E-state index in [9.17, 15) is 0 Å². The van der Waals surface area contributed by atoms with Crippen LogP contribution >= 0.6 is 0 Å². The van der Waals surface area contributed by atoms with Crippen LogP contribution in [0.1, 0.15) is 19.7 Å². The summed E-state index contributed by atoms with van der Waals surface area (Å²) < 4.78 is 7.39. The zero-order valence-corrected chi connectivity index (χ0v) is 11.9. The number of hydrogen-bond acceptors (Lipinski definition) is 7. The van der Waals surface area contributed by atoms with Crippen molar-refractivity contribution in [2.45, 2.75) is 26.4 Å². The lowest BCUT2D eigenvalue weighted by molar-refractivity contribution is 0.234. The van der Waals surface area contributed by atoms with Gasteiger partial charge in [-0.2, -0.15) is 4.98 Å². The number of nitrogens with two attached hydrogens (primary N) is 1. The Morgan fingerprint density at radius 1 is 1.40 bits per heavy atom. The van der Waals surface area contributed by atoms with E-state index in [1.807, 2.05) is 25.5 Å². The molecule has 2 aromatic heterocycles. The van der Waals surface area contributed by atoms with Crippen LogP contribution in [0.2, 0.25) is 0 Å². The summed E-state index contributed by atoms with van der Waals surface area (Å²) in [6.07, 6.45) is 3.83. The molecule has 0 aliphatic heterocycles. The SMILES string of the molecule is CC(C)Oc1ncnc(NCCc2nncn2C)c1N. The van der Waals surface area contributed by atoms with Crippen molar-refractivity contribution in [2.24, 2.45) is 7.05 Å². The highest BCUT2D eigenvalue weighted by molar-refractivity contribution is 5.66. The van der Waals surface area contributed by atoms with E-state index in [1.165, 1.54) is 6.33 Å². The number of aryl methyl sites for hydroxylation is 1. The maximum Gasteiger partial charge on any atom is 0.242 e. The molecule has 0 saturated heterocycles. The van der Waals surface area contributed by atoms with Gasteiger partial charge in [-0.3, -0.25) is 0 Å². The normalized spacial score (nSPS) is 10.8. The van der Waals surface area contributed by atoms with E-state index in [2.05, 4.69) is 25.5 Å². The van der Waals surface area contributed by atoms with E-state index >= 15 is 0 Å². The Labute approximate surface area is 117 Å². The fraction of sp³-hybridized carbons (Fsp3) is 0.500. The van der Waals surface area contributed by atoms with Crippen molar-refractivity contribution in [3.8, 4) is 5.88 Å². The molecule has 0 atom stereocenters. The van der Waals surface area contributed by atoms with Crippen LogP contribution in [0.3, 0.4) is 0 Å². The van der Waals surface area contributed by atoms with E-state index < -0.39 is 0 Å². The van der Waals surface area contributed by atoms with Crippen LogP contribution in [-0.2, 0) is 13.5 Å². The van der Waals surface area contributed by atoms with Crippen LogP contribution < -0.4 is 15.8 Å². The fourth-order valence-corrected chi connectivity index (χ4v) is 1.66. The van der Waals surface area contributed by atoms with Gasteiger partial charge in [-0.1, -0.05) is 0 Å². The molecule has 0 saturated carbocycles. The minimum atomic E-state index is 0.0127. The average molecular weight is 277 g/mol. The number of nitrogens with zero attached hydrogens (tertiary/aromatic N) is 5. The van der Waals surface area contributed by atoms with Gasteiger partial charge >= 0.3 is 0 Å². The monoisotopic (exact) mass is 277 g/mol. The van der Waals surface area contributed by atoms with Crippen LogP contribution in [0.25, 0.3) is 0 Å². The predicted molar refractivity (Wildman–Crippen MR) is 75.4 cm³/mol. The van der Waals surface area contributed by atoms with Gasteiger partial charge in [0.05, 0.1) is 6.10 Å². The molecule has 0 fully saturated rings. The highest BCUT2D eigenvalue weighted by Crippen LogP contribution is 2.25. The van der Waals surface area contributed by atoms with Crippen molar-refractivity contribution in [1.82, 2.24) is 24.7 Å². The maximum atomic E-state index is 5.98. The first-order valence-corrected chi connectivity index (χ1v) is 6.41. The molecule has 0 bridgehead atoms. The Bertz CT molecular complexity index is 567. The molecule has 2 aromatic rings. The molecule has 2 rings (SSSR count). The van der Waals surface area contributed by atoms with Gasteiger partial charge in [-0.15, -0.1) is 10.2 Å². The molecule has 0 aliphatic rings. The summed E-state index contributed by atoms with van der Waals surface area (Å²) in [6.45, 7) is 4.49. The first kappa shape index (κ1) is 14.0. The minimum Gasteiger partial charge on any atom is -0.473 e. The second-order valence-electron chi connectivity index (χ2n) is 4.64. The van der Waals surface area contributed by atoms with Gasteiger partial charge < -0.3 is 20.4 Å². The fourth-order valence-electron chi connectivity index (χ4n) is 1.66. The molecule has 0 radical (unpaired) electrons. The molecule has 2 heterocycles. The highest BCUT2D eigenvalue weighted by atomic mass is 16.5. The number of nitrogens with one attached hydrogen (secondary N) is 1. The number of aromatic nitrogens is 5. The number of hydrogen-bond donors (Lipinski definition) is 2. The molecular formula is C12H19N7O. The molecule has 8 heteroatoms. The van der Waals surface area contributed by atoms with Crippen LogP contribution in [0.15, 0.2) is 12.7 Å². The zero-order valence-electron chi connectivity index (χ0n) is 11.9. The molecule has 3 N–H and O–H groups in total. The number of anilines is 2. The van der Waals surface area contributed by atoms with Gasteiger partial charge in [0.2, 0.25) is 5.88 Å². The van der Waals surface area contributed by atoms with Gasteiger partial charge in [-0.25, -0.2) is 4.98 Å². The molecule has 20 heavy (non-hydrogen) atoms. The minimum absolute atomic E-state index is 0.0127. The number of ether oxygens (including phenoxy) is 1. The summed E-state index contributed by atoms with van der Waals surface area (Å²) >= 11 is 0. The smallest absolute Gasteiger partial charge is 0.242 e. The van der Waals surface area contributed by atoms with Crippen LogP contribution in [0, 0.1) is 0 Å². The second kappa shape index (κ2) is 6.18. The molecule has 0 spiro atoms. The van der Waals surface area contributed by atoms with Crippen LogP contribution in [-0.4, -0.2) is 37.4 Å². The summed E-state index contributed by atoms with van der Waals surface area (Å²) in [5.74, 6) is 1.86. The lowest BCUT2D eigenvalue weighted by Crippen LogP contribution is -2.14. The largest absolute Gasteiger partial charge is 0.473 e. The quantitative estimate of drug-likeness (QED) is 0.798. The zero-order chi connectivity index (χ0) is 14.5. The van der Waals surface area contributed by atoms with Crippen LogP contribution in [0.5, 0.6) is 5.88 Å². The third kappa shape index (κ3) is 3.34. The Morgan fingerprint density at radius 3 is 2.85 bits per heavy atom. The topological polar surface area (TPSA) is 104 Å². The summed E-state index contributed by atoms with van der Waals surface area (Å²) in [5, 5.41) is 11.0. The lowest BCUT2D eigenvalue weighted by Gasteiger charge is -2.13. The van der Waals surface area contributed by atoms with Crippen molar-refractivity contribution in [1.29, 1.82) is 0 Å². The molecule has 8 nitrogen and oxygen atoms in total. The molecule has 0 unspecified atom stereocenters. The Balaban J connectivity index is 1.97. The third-order valence-electron chi connectivity index (χ3n) is 2.64. The van der Waals surface area contributed by atoms with E-state index in [0.717, 1.165) is 12.2 Å². The van der Waals surface area contributed by atoms with Gasteiger partial charge in [0.25, 0.3) is 0 Å². The van der Waals surface area contributed by atoms with Crippen molar-refractivity contribution in [3.05, 3.63) is 18.5 Å². The standard InChI is InChI=1S/C12H19N7O/c1-8(2)20-12-10(13)11(15-6-16-12)14-5-4-9-18-17-7-19(9)3/h6-8H,4-5,13H2,1-3H3,(H,14,15,16). The summed E-state index contributed by atoms with van der Waals surface area (Å²) in [5.41, 5.74) is 6.39. The average Bonchev–Trinajstić information content (AvgIpc) is 2.79. The lowest BCUT2D eigenvalue weighted by atomic mass is 10.3. The molecule has 108 valence electrons. The van der Waals surface area contributed by atoms with E-state index in [-0.39, 0.29) is 6.10 Å².